The van der Waals surface area contributed by atoms with Crippen LogP contribution in [0.15, 0.2) is 0 Å². The molecule has 0 aliphatic heterocycles. The first-order valence-corrected chi connectivity index (χ1v) is 9.68. The molecule has 0 radical (unpaired) electrons. The van der Waals surface area contributed by atoms with Gasteiger partial charge in [-0.15, -0.1) is 12.4 Å². The molecule has 0 unspecified atom stereocenters. The predicted molar refractivity (Wildman–Crippen MR) is 82.5 cm³/mol. The summed E-state index contributed by atoms with van der Waals surface area (Å²) in [5.74, 6) is 0. The van der Waals surface area contributed by atoms with Gasteiger partial charge in [0, 0.05) is 12.1 Å². The van der Waals surface area contributed by atoms with E-state index in [2.05, 4.69) is 53.4 Å². The van der Waals surface area contributed by atoms with Crippen molar-refractivity contribution in [3.63, 3.8) is 0 Å². The van der Waals surface area contributed by atoms with Crippen LogP contribution in [0.2, 0.25) is 10.6 Å². The Morgan fingerprint density at radius 2 is 1.25 bits per heavy atom. The highest BCUT2D eigenvalue weighted by molar-refractivity contribution is 7.06. The molecule has 0 amide bonds. The molecule has 0 aliphatic carbocycles. The Morgan fingerprint density at radius 3 is 1.25 bits per heavy atom. The Hall–Kier alpha value is 1.07. The van der Waals surface area contributed by atoms with Gasteiger partial charge in [-0.05, 0) is 34.2 Å². The lowest BCUT2D eigenvalue weighted by atomic mass is 10.2. The summed E-state index contributed by atoms with van der Waals surface area (Å²) in [6, 6.07) is 1.38. The van der Waals surface area contributed by atoms with Crippen LogP contribution in [0, 0.1) is 0 Å². The summed E-state index contributed by atoms with van der Waals surface area (Å²) in [7, 11) is 5.79. The van der Waals surface area contributed by atoms with E-state index in [0.717, 1.165) is 6.54 Å². The van der Waals surface area contributed by atoms with Crippen molar-refractivity contribution < 1.29 is 0 Å². The van der Waals surface area contributed by atoms with Gasteiger partial charge in [0.25, 0.3) is 0 Å². The fourth-order valence-electron chi connectivity index (χ4n) is 1.62. The monoisotopic (exact) mass is 285 g/mol. The molecule has 0 N–H and O–H groups in total. The second-order valence-corrected chi connectivity index (χ2v) is 9.11. The van der Waals surface area contributed by atoms with Crippen molar-refractivity contribution in [3.8, 4) is 0 Å². The first kappa shape index (κ1) is 22.3. The third kappa shape index (κ3) is 13.1. The highest BCUT2D eigenvalue weighted by atomic mass is 35.6. The van der Waals surface area contributed by atoms with Crippen LogP contribution in [0.4, 0.5) is 0 Å². The lowest BCUT2D eigenvalue weighted by Gasteiger charge is -2.28. The largest absolute Gasteiger partial charge is 0.399 e. The quantitative estimate of drug-likeness (QED) is 0.656. The standard InChI is InChI=1S/C8H19N.2C2H5.Al.2ClH/c1-6-9(7(2)3)8(4)5;2*1-2;;;/h7-8H,6H2,1-5H3;2*1H2,2H3;;2*1H/q;;;+1;;/p-1. The fraction of sp³-hybridized carbons (Fsp3) is 1.00. The molecule has 0 spiro atoms. The van der Waals surface area contributed by atoms with Gasteiger partial charge < -0.3 is 0 Å². The van der Waals surface area contributed by atoms with Gasteiger partial charge in [-0.2, -0.15) is 0 Å². The van der Waals surface area contributed by atoms with Crippen LogP contribution in [0.5, 0.6) is 0 Å². The van der Waals surface area contributed by atoms with Gasteiger partial charge in [-0.1, -0.05) is 31.3 Å². The minimum atomic E-state index is -0.688. The first-order chi connectivity index (χ1) is 6.90. The molecule has 0 aromatic carbocycles. The molecular formula is C12H30AlCl2N. The van der Waals surface area contributed by atoms with Crippen LogP contribution in [0.3, 0.4) is 0 Å². The number of halogens is 2. The molecule has 0 aliphatic rings. The summed E-state index contributed by atoms with van der Waals surface area (Å²) in [5.41, 5.74) is 0. The van der Waals surface area contributed by atoms with Crippen molar-refractivity contribution in [2.24, 2.45) is 0 Å². The zero-order valence-electron chi connectivity index (χ0n) is 12.1. The van der Waals surface area contributed by atoms with Crippen molar-refractivity contribution in [3.05, 3.63) is 0 Å². The number of hydrogen-bond donors (Lipinski definition) is 0. The van der Waals surface area contributed by atoms with Gasteiger partial charge >= 0.3 is 13.2 Å². The molecule has 0 saturated heterocycles. The highest BCUT2D eigenvalue weighted by Crippen LogP contribution is 2.02. The molecule has 16 heavy (non-hydrogen) atoms. The van der Waals surface area contributed by atoms with Gasteiger partial charge in [-0.25, -0.2) is 0 Å². The van der Waals surface area contributed by atoms with Crippen molar-refractivity contribution >= 4 is 35.7 Å². The summed E-state index contributed by atoms with van der Waals surface area (Å²) in [6.45, 7) is 16.6. The van der Waals surface area contributed by atoms with Crippen LogP contribution in [0.25, 0.3) is 0 Å². The van der Waals surface area contributed by atoms with Crippen LogP contribution < -0.4 is 0 Å². The van der Waals surface area contributed by atoms with Gasteiger partial charge in [0.1, 0.15) is 0 Å². The number of hydrogen-bond acceptors (Lipinski definition) is 1. The summed E-state index contributed by atoms with van der Waals surface area (Å²) < 4.78 is 0. The lowest BCUT2D eigenvalue weighted by molar-refractivity contribution is 0.185. The Balaban J connectivity index is -0.000000214. The molecular weight excluding hydrogens is 256 g/mol. The normalized spacial score (nSPS) is 9.94. The predicted octanol–water partition coefficient (Wildman–Crippen LogP) is 4.80. The number of nitrogens with zero attached hydrogens (tertiary/aromatic N) is 1. The van der Waals surface area contributed by atoms with E-state index in [1.165, 1.54) is 10.6 Å². The first-order valence-electron chi connectivity index (χ1n) is 6.30. The Morgan fingerprint density at radius 1 is 0.938 bits per heavy atom. The maximum absolute atomic E-state index is 5.79. The average molecular weight is 286 g/mol. The third-order valence-corrected chi connectivity index (χ3v) is 6.20. The van der Waals surface area contributed by atoms with Crippen molar-refractivity contribution in [1.82, 2.24) is 4.90 Å². The molecule has 0 aromatic rings. The Labute approximate surface area is 118 Å². The van der Waals surface area contributed by atoms with Crippen LogP contribution in [-0.4, -0.2) is 36.8 Å². The van der Waals surface area contributed by atoms with Crippen molar-refractivity contribution in [1.29, 1.82) is 0 Å². The number of rotatable bonds is 5. The molecule has 0 heterocycles. The van der Waals surface area contributed by atoms with Crippen LogP contribution in [0.1, 0.15) is 48.5 Å². The molecule has 0 saturated carbocycles. The van der Waals surface area contributed by atoms with Gasteiger partial charge in [0.05, 0.1) is 0 Å². The lowest BCUT2D eigenvalue weighted by Crippen LogP contribution is -2.36. The van der Waals surface area contributed by atoms with E-state index in [1.54, 1.807) is 0 Å². The fourth-order valence-corrected chi connectivity index (χ4v) is 2.19. The van der Waals surface area contributed by atoms with Crippen molar-refractivity contribution in [2.45, 2.75) is 71.1 Å². The average Bonchev–Trinajstić information content (AvgIpc) is 2.17. The molecule has 0 fully saturated rings. The Kier molecular flexibility index (Phi) is 19.7. The second kappa shape index (κ2) is 14.1. The molecule has 0 aromatic heterocycles. The van der Waals surface area contributed by atoms with E-state index >= 15 is 0 Å². The van der Waals surface area contributed by atoms with Crippen LogP contribution >= 0.6 is 22.5 Å². The van der Waals surface area contributed by atoms with E-state index in [9.17, 15) is 0 Å². The molecule has 4 heteroatoms. The summed E-state index contributed by atoms with van der Waals surface area (Å²) in [6.07, 6.45) is 0. The van der Waals surface area contributed by atoms with Crippen molar-refractivity contribution in [2.75, 3.05) is 6.54 Å². The molecule has 1 nitrogen and oxygen atoms in total. The summed E-state index contributed by atoms with van der Waals surface area (Å²) >= 11 is -0.688. The minimum absolute atomic E-state index is 0. The SMILES string of the molecule is CCN(C(C)C)C(C)C.C[CH2][Al]([Cl])[CH2]C.Cl. The smallest absolute Gasteiger partial charge is 0.299 e. The molecule has 0 atom stereocenters. The zero-order chi connectivity index (χ0) is 12.4. The van der Waals surface area contributed by atoms with E-state index in [1.807, 2.05) is 0 Å². The highest BCUT2D eigenvalue weighted by Gasteiger charge is 2.09. The van der Waals surface area contributed by atoms with E-state index in [-0.39, 0.29) is 12.4 Å². The molecule has 100 valence electrons. The maximum atomic E-state index is 5.79. The maximum Gasteiger partial charge on any atom is 0.399 e. The summed E-state index contributed by atoms with van der Waals surface area (Å²) in [4.78, 5) is 2.46. The topological polar surface area (TPSA) is 3.24 Å². The van der Waals surface area contributed by atoms with E-state index in [0.29, 0.717) is 12.1 Å². The second-order valence-electron chi connectivity index (χ2n) is 4.43. The van der Waals surface area contributed by atoms with E-state index < -0.39 is 13.2 Å². The van der Waals surface area contributed by atoms with Gasteiger partial charge in [0.2, 0.25) is 0 Å². The van der Waals surface area contributed by atoms with Crippen LogP contribution in [-0.2, 0) is 0 Å². The zero-order valence-corrected chi connectivity index (χ0v) is 14.8. The summed E-state index contributed by atoms with van der Waals surface area (Å²) in [5, 5.41) is 2.47. The molecule has 0 rings (SSSR count). The van der Waals surface area contributed by atoms with Gasteiger partial charge in [0.15, 0.2) is 0 Å². The minimum Gasteiger partial charge on any atom is -0.299 e. The van der Waals surface area contributed by atoms with E-state index in [4.69, 9.17) is 10.0 Å². The molecule has 0 bridgehead atoms. The van der Waals surface area contributed by atoms with Gasteiger partial charge in [-0.3, -0.25) is 14.9 Å². The third-order valence-electron chi connectivity index (χ3n) is 2.58. The Bertz CT molecular complexity index is 120.